The fourth-order valence-electron chi connectivity index (χ4n) is 3.58. The highest BCUT2D eigenvalue weighted by molar-refractivity contribution is 5.99. The first-order chi connectivity index (χ1) is 12.5. The fourth-order valence-corrected chi connectivity index (χ4v) is 3.58. The summed E-state index contributed by atoms with van der Waals surface area (Å²) in [6.45, 7) is 3.14. The lowest BCUT2D eigenvalue weighted by Crippen LogP contribution is -2.45. The summed E-state index contributed by atoms with van der Waals surface area (Å²) < 4.78 is 5.50. The number of carboxylic acids is 1. The SMILES string of the molecule is Cc1ccccc1C1(C(=O)Nc2ccc(CC(=O)O)cc2)CCOCC1. The minimum atomic E-state index is -0.873. The number of carbonyl (C=O) groups is 2. The predicted molar refractivity (Wildman–Crippen MR) is 99.3 cm³/mol. The highest BCUT2D eigenvalue weighted by Gasteiger charge is 2.42. The van der Waals surface area contributed by atoms with Crippen LogP contribution in [0.4, 0.5) is 5.69 Å². The van der Waals surface area contributed by atoms with Gasteiger partial charge in [0, 0.05) is 18.9 Å². The van der Waals surface area contributed by atoms with Gasteiger partial charge < -0.3 is 15.2 Å². The van der Waals surface area contributed by atoms with Gasteiger partial charge in [-0.25, -0.2) is 0 Å². The summed E-state index contributed by atoms with van der Waals surface area (Å²) in [5, 5.41) is 11.9. The average Bonchev–Trinajstić information content (AvgIpc) is 2.64. The minimum absolute atomic E-state index is 0.0291. The van der Waals surface area contributed by atoms with Gasteiger partial charge in [0.05, 0.1) is 11.8 Å². The molecule has 3 rings (SSSR count). The highest BCUT2D eigenvalue weighted by atomic mass is 16.5. The number of rotatable bonds is 5. The maximum Gasteiger partial charge on any atom is 0.307 e. The van der Waals surface area contributed by atoms with E-state index in [4.69, 9.17) is 9.84 Å². The van der Waals surface area contributed by atoms with Crippen LogP contribution < -0.4 is 5.32 Å². The molecule has 1 amide bonds. The molecule has 1 fully saturated rings. The third-order valence-electron chi connectivity index (χ3n) is 5.01. The lowest BCUT2D eigenvalue weighted by molar-refractivity contribution is -0.136. The molecule has 0 aliphatic carbocycles. The molecule has 0 saturated carbocycles. The Bertz CT molecular complexity index is 792. The van der Waals surface area contributed by atoms with Gasteiger partial charge in [-0.1, -0.05) is 36.4 Å². The molecular weight excluding hydrogens is 330 g/mol. The van der Waals surface area contributed by atoms with Crippen LogP contribution in [-0.2, 0) is 26.2 Å². The lowest BCUT2D eigenvalue weighted by atomic mass is 9.71. The smallest absolute Gasteiger partial charge is 0.307 e. The molecule has 1 heterocycles. The third kappa shape index (κ3) is 3.78. The van der Waals surface area contributed by atoms with Crippen LogP contribution in [-0.4, -0.2) is 30.2 Å². The van der Waals surface area contributed by atoms with Crippen molar-refractivity contribution < 1.29 is 19.4 Å². The van der Waals surface area contributed by atoms with Crippen LogP contribution in [0.15, 0.2) is 48.5 Å². The molecule has 0 aromatic heterocycles. The summed E-state index contributed by atoms with van der Waals surface area (Å²) >= 11 is 0. The molecule has 0 unspecified atom stereocenters. The molecule has 2 aromatic rings. The molecule has 2 aromatic carbocycles. The number of amides is 1. The van der Waals surface area contributed by atoms with Gasteiger partial charge in [-0.2, -0.15) is 0 Å². The molecule has 1 aliphatic rings. The number of ether oxygens (including phenoxy) is 1. The molecule has 5 nitrogen and oxygen atoms in total. The van der Waals surface area contributed by atoms with Gasteiger partial charge in [-0.05, 0) is 48.6 Å². The Morgan fingerprint density at radius 3 is 2.35 bits per heavy atom. The monoisotopic (exact) mass is 353 g/mol. The Balaban J connectivity index is 1.85. The maximum atomic E-state index is 13.2. The van der Waals surface area contributed by atoms with E-state index >= 15 is 0 Å². The molecule has 1 aliphatic heterocycles. The number of benzene rings is 2. The van der Waals surface area contributed by atoms with Crippen LogP contribution in [0.1, 0.15) is 29.5 Å². The second-order valence-electron chi connectivity index (χ2n) is 6.73. The molecule has 2 N–H and O–H groups in total. The number of hydrogen-bond donors (Lipinski definition) is 2. The van der Waals surface area contributed by atoms with Crippen molar-refractivity contribution in [3.63, 3.8) is 0 Å². The van der Waals surface area contributed by atoms with Gasteiger partial charge in [-0.3, -0.25) is 9.59 Å². The first-order valence-corrected chi connectivity index (χ1v) is 8.77. The van der Waals surface area contributed by atoms with Gasteiger partial charge in [0.1, 0.15) is 0 Å². The molecule has 1 saturated heterocycles. The number of aliphatic carboxylic acids is 1. The number of hydrogen-bond acceptors (Lipinski definition) is 3. The quantitative estimate of drug-likeness (QED) is 0.865. The van der Waals surface area contributed by atoms with Crippen molar-refractivity contribution >= 4 is 17.6 Å². The zero-order chi connectivity index (χ0) is 18.6. The Labute approximate surface area is 153 Å². The van der Waals surface area contributed by atoms with Crippen molar-refractivity contribution in [2.45, 2.75) is 31.6 Å². The first kappa shape index (κ1) is 18.1. The zero-order valence-electron chi connectivity index (χ0n) is 14.8. The summed E-state index contributed by atoms with van der Waals surface area (Å²) in [5.74, 6) is -0.913. The van der Waals surface area contributed by atoms with E-state index in [9.17, 15) is 9.59 Å². The topological polar surface area (TPSA) is 75.6 Å². The maximum absolute atomic E-state index is 13.2. The Kier molecular flexibility index (Phi) is 5.38. The Hall–Kier alpha value is -2.66. The fraction of sp³-hybridized carbons (Fsp3) is 0.333. The lowest BCUT2D eigenvalue weighted by Gasteiger charge is -2.37. The normalized spacial score (nSPS) is 16.0. The molecule has 0 bridgehead atoms. The van der Waals surface area contributed by atoms with Crippen LogP contribution in [0.5, 0.6) is 0 Å². The van der Waals surface area contributed by atoms with Crippen LogP contribution in [0, 0.1) is 6.92 Å². The number of aryl methyl sites for hydroxylation is 1. The number of nitrogens with one attached hydrogen (secondary N) is 1. The van der Waals surface area contributed by atoms with Gasteiger partial charge in [-0.15, -0.1) is 0 Å². The van der Waals surface area contributed by atoms with E-state index in [1.807, 2.05) is 31.2 Å². The summed E-state index contributed by atoms with van der Waals surface area (Å²) in [5.41, 5.74) is 2.91. The first-order valence-electron chi connectivity index (χ1n) is 8.77. The zero-order valence-corrected chi connectivity index (χ0v) is 14.8. The van der Waals surface area contributed by atoms with Gasteiger partial charge in [0.2, 0.25) is 5.91 Å². The van der Waals surface area contributed by atoms with Gasteiger partial charge >= 0.3 is 5.97 Å². The minimum Gasteiger partial charge on any atom is -0.481 e. The van der Waals surface area contributed by atoms with Crippen molar-refractivity contribution in [2.75, 3.05) is 18.5 Å². The van der Waals surface area contributed by atoms with Gasteiger partial charge in [0.25, 0.3) is 0 Å². The van der Waals surface area contributed by atoms with E-state index in [0.717, 1.165) is 11.1 Å². The summed E-state index contributed by atoms with van der Waals surface area (Å²) in [4.78, 5) is 24.0. The van der Waals surface area contributed by atoms with Crippen LogP contribution in [0.3, 0.4) is 0 Å². The van der Waals surface area contributed by atoms with Crippen LogP contribution in [0.25, 0.3) is 0 Å². The van der Waals surface area contributed by atoms with Crippen molar-refractivity contribution in [1.82, 2.24) is 0 Å². The molecule has 26 heavy (non-hydrogen) atoms. The van der Waals surface area contributed by atoms with Crippen molar-refractivity contribution in [1.29, 1.82) is 0 Å². The number of anilines is 1. The van der Waals surface area contributed by atoms with E-state index in [0.29, 0.717) is 37.3 Å². The standard InChI is InChI=1S/C21H23NO4/c1-15-4-2-3-5-18(15)21(10-12-26-13-11-21)20(25)22-17-8-6-16(7-9-17)14-19(23)24/h2-9H,10-14H2,1H3,(H,22,25)(H,23,24). The van der Waals surface area contributed by atoms with Crippen molar-refractivity contribution in [3.8, 4) is 0 Å². The summed E-state index contributed by atoms with van der Waals surface area (Å²) in [7, 11) is 0. The van der Waals surface area contributed by atoms with E-state index < -0.39 is 11.4 Å². The number of carboxylic acid groups (broad SMARTS) is 1. The second kappa shape index (κ2) is 7.70. The predicted octanol–water partition coefficient (Wildman–Crippen LogP) is 3.31. The average molecular weight is 353 g/mol. The molecule has 0 radical (unpaired) electrons. The number of carbonyl (C=O) groups excluding carboxylic acids is 1. The highest BCUT2D eigenvalue weighted by Crippen LogP contribution is 2.37. The summed E-state index contributed by atoms with van der Waals surface area (Å²) in [6, 6.07) is 15.0. The molecular formula is C21H23NO4. The van der Waals surface area contributed by atoms with Crippen LogP contribution >= 0.6 is 0 Å². The Morgan fingerprint density at radius 1 is 1.08 bits per heavy atom. The summed E-state index contributed by atoms with van der Waals surface area (Å²) in [6.07, 6.45) is 1.25. The van der Waals surface area contributed by atoms with E-state index in [1.165, 1.54) is 0 Å². The van der Waals surface area contributed by atoms with E-state index in [2.05, 4.69) is 5.32 Å². The van der Waals surface area contributed by atoms with E-state index in [-0.39, 0.29) is 12.3 Å². The molecule has 5 heteroatoms. The van der Waals surface area contributed by atoms with Crippen molar-refractivity contribution in [2.24, 2.45) is 0 Å². The second-order valence-corrected chi connectivity index (χ2v) is 6.73. The van der Waals surface area contributed by atoms with Gasteiger partial charge in [0.15, 0.2) is 0 Å². The largest absolute Gasteiger partial charge is 0.481 e. The molecule has 0 atom stereocenters. The van der Waals surface area contributed by atoms with Crippen molar-refractivity contribution in [3.05, 3.63) is 65.2 Å². The van der Waals surface area contributed by atoms with Crippen LogP contribution in [0.2, 0.25) is 0 Å². The Morgan fingerprint density at radius 2 is 1.73 bits per heavy atom. The molecule has 136 valence electrons. The third-order valence-corrected chi connectivity index (χ3v) is 5.01. The van der Waals surface area contributed by atoms with E-state index in [1.54, 1.807) is 24.3 Å². The molecule has 0 spiro atoms.